The number of nitrogens with one attached hydrogen (secondary N) is 1. The van der Waals surface area contributed by atoms with E-state index in [0.717, 1.165) is 6.07 Å². The molecule has 0 aliphatic heterocycles. The molecular formula is C13H15NO5S2. The van der Waals surface area contributed by atoms with Crippen LogP contribution in [-0.4, -0.2) is 44.7 Å². The molecule has 0 aliphatic carbocycles. The van der Waals surface area contributed by atoms with Gasteiger partial charge in [0, 0.05) is 12.3 Å². The highest BCUT2D eigenvalue weighted by atomic mass is 32.2. The highest BCUT2D eigenvalue weighted by Gasteiger charge is 2.21. The zero-order valence-electron chi connectivity index (χ0n) is 11.3. The van der Waals surface area contributed by atoms with E-state index in [9.17, 15) is 13.2 Å². The second kappa shape index (κ2) is 7.93. The van der Waals surface area contributed by atoms with E-state index in [4.69, 9.17) is 16.3 Å². The maximum absolute atomic E-state index is 12.2. The van der Waals surface area contributed by atoms with E-state index in [-0.39, 0.29) is 22.8 Å². The molecule has 0 aliphatic rings. The maximum Gasteiger partial charge on any atom is 0.335 e. The quantitative estimate of drug-likeness (QED) is 0.547. The Morgan fingerprint density at radius 2 is 2.24 bits per heavy atom. The van der Waals surface area contributed by atoms with Crippen LogP contribution in [-0.2, 0) is 10.0 Å². The fraction of sp³-hybridized carbons (Fsp3) is 0.308. The summed E-state index contributed by atoms with van der Waals surface area (Å²) in [6.07, 6.45) is 5.09. The van der Waals surface area contributed by atoms with E-state index in [2.05, 4.69) is 10.6 Å². The number of sulfonamides is 1. The van der Waals surface area contributed by atoms with Gasteiger partial charge in [-0.15, -0.1) is 18.2 Å². The molecule has 0 heterocycles. The van der Waals surface area contributed by atoms with Gasteiger partial charge in [0.15, 0.2) is 0 Å². The van der Waals surface area contributed by atoms with E-state index in [0.29, 0.717) is 11.5 Å². The number of rotatable bonds is 8. The van der Waals surface area contributed by atoms with E-state index in [1.54, 1.807) is 0 Å². The molecule has 0 fully saturated rings. The lowest BCUT2D eigenvalue weighted by Gasteiger charge is -2.11. The van der Waals surface area contributed by atoms with Crippen LogP contribution in [0, 0.1) is 12.3 Å². The fourth-order valence-electron chi connectivity index (χ4n) is 1.48. The number of carboxylic acids is 1. The maximum atomic E-state index is 12.2. The van der Waals surface area contributed by atoms with Crippen LogP contribution < -0.4 is 9.46 Å². The van der Waals surface area contributed by atoms with Crippen LogP contribution in [0.4, 0.5) is 0 Å². The van der Waals surface area contributed by atoms with Gasteiger partial charge in [0.2, 0.25) is 10.0 Å². The van der Waals surface area contributed by atoms with Gasteiger partial charge in [-0.2, -0.15) is 0 Å². The van der Waals surface area contributed by atoms with Gasteiger partial charge in [0.1, 0.15) is 10.6 Å². The van der Waals surface area contributed by atoms with Crippen molar-refractivity contribution in [3.63, 3.8) is 0 Å². The van der Waals surface area contributed by atoms with Crippen LogP contribution in [0.2, 0.25) is 0 Å². The molecule has 1 aromatic rings. The molecule has 0 aromatic heterocycles. The molecule has 0 atom stereocenters. The molecule has 1 aromatic carbocycles. The number of thioether (sulfide) groups is 1. The van der Waals surface area contributed by atoms with E-state index < -0.39 is 16.0 Å². The molecule has 0 bridgehead atoms. The molecule has 0 saturated carbocycles. The number of carbonyl (C=O) groups is 1. The molecule has 2 N–H and O–H groups in total. The smallest absolute Gasteiger partial charge is 0.335 e. The van der Waals surface area contributed by atoms with Gasteiger partial charge in [0.25, 0.3) is 0 Å². The number of hydrogen-bond acceptors (Lipinski definition) is 5. The van der Waals surface area contributed by atoms with Crippen LogP contribution in [0.5, 0.6) is 5.75 Å². The average Bonchev–Trinajstić information content (AvgIpc) is 2.46. The SMILES string of the molecule is C#CCSCCNS(=O)(=O)c1cc(C(=O)O)ccc1OC. The Labute approximate surface area is 127 Å². The Hall–Kier alpha value is -1.69. The largest absolute Gasteiger partial charge is 0.495 e. The standard InChI is InChI=1S/C13H15NO5S2/c1-3-7-20-8-6-14-21(17,18)12-9-10(13(15)16)4-5-11(12)19-2/h1,4-5,9,14H,6-8H2,2H3,(H,15,16). The molecule has 114 valence electrons. The van der Waals surface area contributed by atoms with Gasteiger partial charge in [-0.25, -0.2) is 17.9 Å². The molecule has 6 nitrogen and oxygen atoms in total. The zero-order chi connectivity index (χ0) is 15.9. The Bertz CT molecular complexity index is 649. The van der Waals surface area contributed by atoms with E-state index in [1.165, 1.54) is 31.0 Å². The van der Waals surface area contributed by atoms with Crippen molar-refractivity contribution in [3.8, 4) is 18.1 Å². The summed E-state index contributed by atoms with van der Waals surface area (Å²) in [7, 11) is -2.53. The van der Waals surface area contributed by atoms with Crippen molar-refractivity contribution in [2.45, 2.75) is 4.90 Å². The van der Waals surface area contributed by atoms with Gasteiger partial charge in [-0.3, -0.25) is 0 Å². The summed E-state index contributed by atoms with van der Waals surface area (Å²) in [6, 6.07) is 3.66. The minimum atomic E-state index is -3.85. The van der Waals surface area contributed by atoms with E-state index in [1.807, 2.05) is 0 Å². The third-order valence-electron chi connectivity index (χ3n) is 2.42. The van der Waals surface area contributed by atoms with Crippen LogP contribution in [0.3, 0.4) is 0 Å². The second-order valence-electron chi connectivity index (χ2n) is 3.83. The summed E-state index contributed by atoms with van der Waals surface area (Å²) in [4.78, 5) is 10.7. The molecular weight excluding hydrogens is 314 g/mol. The summed E-state index contributed by atoms with van der Waals surface area (Å²) < 4.78 is 31.7. The first-order chi connectivity index (χ1) is 9.92. The molecule has 8 heteroatoms. The number of benzene rings is 1. The van der Waals surface area contributed by atoms with Crippen molar-refractivity contribution in [2.75, 3.05) is 25.2 Å². The predicted octanol–water partition coefficient (Wildman–Crippen LogP) is 1.04. The predicted molar refractivity (Wildman–Crippen MR) is 81.3 cm³/mol. The first kappa shape index (κ1) is 17.4. The normalized spacial score (nSPS) is 10.9. The van der Waals surface area contributed by atoms with Gasteiger partial charge in [0.05, 0.1) is 18.4 Å². The second-order valence-corrected chi connectivity index (χ2v) is 6.67. The number of ether oxygens (including phenoxy) is 1. The molecule has 1 rings (SSSR count). The van der Waals surface area contributed by atoms with Crippen molar-refractivity contribution in [2.24, 2.45) is 0 Å². The van der Waals surface area contributed by atoms with Crippen molar-refractivity contribution >= 4 is 27.8 Å². The fourth-order valence-corrected chi connectivity index (χ4v) is 3.34. The van der Waals surface area contributed by atoms with Crippen LogP contribution in [0.1, 0.15) is 10.4 Å². The number of aromatic carboxylic acids is 1. The molecule has 0 unspecified atom stereocenters. The topological polar surface area (TPSA) is 92.7 Å². The number of methoxy groups -OCH3 is 1. The van der Waals surface area contributed by atoms with Crippen molar-refractivity contribution < 1.29 is 23.1 Å². The van der Waals surface area contributed by atoms with E-state index >= 15 is 0 Å². The first-order valence-corrected chi connectivity index (χ1v) is 8.48. The van der Waals surface area contributed by atoms with Crippen molar-refractivity contribution in [3.05, 3.63) is 23.8 Å². The van der Waals surface area contributed by atoms with Gasteiger partial charge in [-0.1, -0.05) is 5.92 Å². The molecule has 0 spiro atoms. The summed E-state index contributed by atoms with van der Waals surface area (Å²) in [5.41, 5.74) is -0.127. The first-order valence-electron chi connectivity index (χ1n) is 5.84. The zero-order valence-corrected chi connectivity index (χ0v) is 13.0. The lowest BCUT2D eigenvalue weighted by molar-refractivity contribution is 0.0696. The Balaban J connectivity index is 2.93. The molecule has 0 amide bonds. The summed E-state index contributed by atoms with van der Waals surface area (Å²) in [5.74, 6) is 2.33. The lowest BCUT2D eigenvalue weighted by Crippen LogP contribution is -2.26. The summed E-state index contributed by atoms with van der Waals surface area (Å²) >= 11 is 1.42. The summed E-state index contributed by atoms with van der Waals surface area (Å²) in [5, 5.41) is 8.93. The summed E-state index contributed by atoms with van der Waals surface area (Å²) in [6.45, 7) is 0.190. The minimum absolute atomic E-state index is 0.0868. The molecule has 0 radical (unpaired) electrons. The Morgan fingerprint density at radius 1 is 1.52 bits per heavy atom. The molecule has 21 heavy (non-hydrogen) atoms. The number of terminal acetylenes is 1. The van der Waals surface area contributed by atoms with Gasteiger partial charge >= 0.3 is 5.97 Å². The van der Waals surface area contributed by atoms with Crippen molar-refractivity contribution in [1.29, 1.82) is 0 Å². The van der Waals surface area contributed by atoms with Crippen LogP contribution in [0.15, 0.2) is 23.1 Å². The van der Waals surface area contributed by atoms with Crippen LogP contribution in [0.25, 0.3) is 0 Å². The van der Waals surface area contributed by atoms with Gasteiger partial charge in [-0.05, 0) is 18.2 Å². The van der Waals surface area contributed by atoms with Crippen LogP contribution >= 0.6 is 11.8 Å². The Kier molecular flexibility index (Phi) is 6.55. The van der Waals surface area contributed by atoms with Crippen molar-refractivity contribution in [1.82, 2.24) is 4.72 Å². The minimum Gasteiger partial charge on any atom is -0.495 e. The molecule has 0 saturated heterocycles. The highest BCUT2D eigenvalue weighted by molar-refractivity contribution is 7.99. The Morgan fingerprint density at radius 3 is 2.81 bits per heavy atom. The third kappa shape index (κ3) is 4.97. The number of hydrogen-bond donors (Lipinski definition) is 2. The number of carboxylic acid groups (broad SMARTS) is 1. The monoisotopic (exact) mass is 329 g/mol. The average molecular weight is 329 g/mol. The van der Waals surface area contributed by atoms with Gasteiger partial charge < -0.3 is 9.84 Å². The lowest BCUT2D eigenvalue weighted by atomic mass is 10.2. The third-order valence-corrected chi connectivity index (χ3v) is 4.77. The highest BCUT2D eigenvalue weighted by Crippen LogP contribution is 2.24.